The fourth-order valence-electron chi connectivity index (χ4n) is 3.93. The van der Waals surface area contributed by atoms with Gasteiger partial charge in [0.25, 0.3) is 0 Å². The number of rotatable bonds is 8. The van der Waals surface area contributed by atoms with Gasteiger partial charge in [-0.2, -0.15) is 0 Å². The van der Waals surface area contributed by atoms with Crippen molar-refractivity contribution in [3.05, 3.63) is 59.7 Å². The second kappa shape index (κ2) is 10.6. The van der Waals surface area contributed by atoms with Gasteiger partial charge in [0.15, 0.2) is 0 Å². The average molecular weight is 469 g/mol. The lowest BCUT2D eigenvalue weighted by Crippen LogP contribution is -2.44. The number of carboxylic acids is 1. The molecule has 182 valence electrons. The molecule has 1 aliphatic rings. The third-order valence-electron chi connectivity index (χ3n) is 5.56. The number of carboxylic acid groups (broad SMARTS) is 1. The largest absolute Gasteiger partial charge is 0.481 e. The second-order valence-electron chi connectivity index (χ2n) is 9.42. The monoisotopic (exact) mass is 468 g/mol. The molecule has 0 radical (unpaired) electrons. The van der Waals surface area contributed by atoms with Crippen LogP contribution in [0.3, 0.4) is 0 Å². The number of nitrogens with one attached hydrogen (secondary N) is 1. The van der Waals surface area contributed by atoms with Crippen LogP contribution in [-0.2, 0) is 14.3 Å². The van der Waals surface area contributed by atoms with E-state index < -0.39 is 29.7 Å². The summed E-state index contributed by atoms with van der Waals surface area (Å²) in [4.78, 5) is 37.4. The molecule has 0 saturated heterocycles. The van der Waals surface area contributed by atoms with Crippen molar-refractivity contribution in [2.75, 3.05) is 26.2 Å². The highest BCUT2D eigenvalue weighted by Gasteiger charge is 2.29. The van der Waals surface area contributed by atoms with Crippen LogP contribution in [0.4, 0.5) is 9.59 Å². The van der Waals surface area contributed by atoms with Gasteiger partial charge in [0.05, 0.1) is 5.92 Å². The number of alkyl carbamates (subject to hydrolysis) is 1. The fourth-order valence-corrected chi connectivity index (χ4v) is 3.93. The summed E-state index contributed by atoms with van der Waals surface area (Å²) in [5.74, 6) is -1.84. The van der Waals surface area contributed by atoms with Crippen LogP contribution in [0.2, 0.25) is 0 Å². The molecular weight excluding hydrogens is 436 g/mol. The van der Waals surface area contributed by atoms with E-state index in [1.165, 1.54) is 11.8 Å². The number of aliphatic carboxylic acids is 1. The van der Waals surface area contributed by atoms with Crippen LogP contribution in [0.1, 0.15) is 44.7 Å². The molecule has 1 aliphatic carbocycles. The summed E-state index contributed by atoms with van der Waals surface area (Å²) in [6.45, 7) is 7.07. The first-order valence-corrected chi connectivity index (χ1v) is 11.4. The van der Waals surface area contributed by atoms with Crippen molar-refractivity contribution < 1.29 is 29.0 Å². The van der Waals surface area contributed by atoms with Crippen molar-refractivity contribution in [1.82, 2.24) is 10.2 Å². The van der Waals surface area contributed by atoms with E-state index in [0.29, 0.717) is 0 Å². The van der Waals surface area contributed by atoms with Gasteiger partial charge in [-0.25, -0.2) is 9.59 Å². The van der Waals surface area contributed by atoms with Crippen LogP contribution in [-0.4, -0.2) is 60.0 Å². The molecule has 8 heteroatoms. The van der Waals surface area contributed by atoms with Crippen molar-refractivity contribution in [1.29, 1.82) is 0 Å². The first-order chi connectivity index (χ1) is 16.1. The Bertz CT molecular complexity index is 1000. The number of fused-ring (bicyclic) bond motifs is 3. The molecule has 0 bridgehead atoms. The molecule has 2 aromatic carbocycles. The predicted molar refractivity (Wildman–Crippen MR) is 128 cm³/mol. The van der Waals surface area contributed by atoms with Gasteiger partial charge in [0.1, 0.15) is 12.2 Å². The van der Waals surface area contributed by atoms with Gasteiger partial charge in [0, 0.05) is 25.6 Å². The minimum Gasteiger partial charge on any atom is -0.481 e. The van der Waals surface area contributed by atoms with Crippen molar-refractivity contribution in [3.63, 3.8) is 0 Å². The van der Waals surface area contributed by atoms with Crippen LogP contribution in [0.5, 0.6) is 0 Å². The molecule has 8 nitrogen and oxygen atoms in total. The number of ether oxygens (including phenoxy) is 2. The lowest BCUT2D eigenvalue weighted by Gasteiger charge is -2.28. The fraction of sp³-hybridized carbons (Fsp3) is 0.423. The van der Waals surface area contributed by atoms with E-state index in [1.807, 2.05) is 36.4 Å². The molecule has 34 heavy (non-hydrogen) atoms. The Morgan fingerprint density at radius 3 is 2.12 bits per heavy atom. The van der Waals surface area contributed by atoms with Gasteiger partial charge >= 0.3 is 18.2 Å². The zero-order valence-electron chi connectivity index (χ0n) is 20.0. The van der Waals surface area contributed by atoms with Gasteiger partial charge in [-0.3, -0.25) is 4.79 Å². The third kappa shape index (κ3) is 6.27. The summed E-state index contributed by atoms with van der Waals surface area (Å²) in [7, 11) is 0. The van der Waals surface area contributed by atoms with Gasteiger partial charge in [0.2, 0.25) is 0 Å². The van der Waals surface area contributed by atoms with Crippen molar-refractivity contribution >= 4 is 18.2 Å². The van der Waals surface area contributed by atoms with Crippen molar-refractivity contribution in [3.8, 4) is 11.1 Å². The van der Waals surface area contributed by atoms with Gasteiger partial charge < -0.3 is 24.8 Å². The second-order valence-corrected chi connectivity index (χ2v) is 9.42. The normalized spacial score (nSPS) is 13.4. The molecule has 0 fully saturated rings. The molecule has 0 saturated carbocycles. The minimum absolute atomic E-state index is 0.0311. The van der Waals surface area contributed by atoms with Crippen LogP contribution >= 0.6 is 0 Å². The van der Waals surface area contributed by atoms with E-state index in [1.54, 1.807) is 20.8 Å². The summed E-state index contributed by atoms with van der Waals surface area (Å²) in [5, 5.41) is 11.9. The molecule has 0 aromatic heterocycles. The lowest BCUT2D eigenvalue weighted by atomic mass is 9.98. The zero-order chi connectivity index (χ0) is 24.9. The number of benzene rings is 2. The highest BCUT2D eigenvalue weighted by atomic mass is 16.6. The molecule has 2 aromatic rings. The lowest BCUT2D eigenvalue weighted by molar-refractivity contribution is -0.141. The zero-order valence-corrected chi connectivity index (χ0v) is 20.0. The Morgan fingerprint density at radius 1 is 1.03 bits per heavy atom. The van der Waals surface area contributed by atoms with Crippen LogP contribution in [0.15, 0.2) is 48.5 Å². The van der Waals surface area contributed by atoms with Crippen LogP contribution in [0, 0.1) is 5.92 Å². The molecule has 0 spiro atoms. The maximum Gasteiger partial charge on any atom is 0.410 e. The van der Waals surface area contributed by atoms with E-state index in [9.17, 15) is 19.5 Å². The highest BCUT2D eigenvalue weighted by Crippen LogP contribution is 2.44. The third-order valence-corrected chi connectivity index (χ3v) is 5.56. The van der Waals surface area contributed by atoms with E-state index in [4.69, 9.17) is 9.47 Å². The first-order valence-electron chi connectivity index (χ1n) is 11.4. The van der Waals surface area contributed by atoms with Crippen LogP contribution < -0.4 is 5.32 Å². The molecule has 1 atom stereocenters. The van der Waals surface area contributed by atoms with E-state index in [2.05, 4.69) is 17.4 Å². The molecule has 2 amide bonds. The molecule has 0 unspecified atom stereocenters. The smallest absolute Gasteiger partial charge is 0.410 e. The molecule has 2 N–H and O–H groups in total. The minimum atomic E-state index is -1.02. The average Bonchev–Trinajstić information content (AvgIpc) is 3.09. The number of amides is 2. The number of carbonyl (C=O) groups excluding carboxylic acids is 2. The maximum absolute atomic E-state index is 12.5. The number of carbonyl (C=O) groups is 3. The summed E-state index contributed by atoms with van der Waals surface area (Å²) in [6.07, 6.45) is -1.23. The summed E-state index contributed by atoms with van der Waals surface area (Å²) in [6, 6.07) is 16.2. The van der Waals surface area contributed by atoms with Crippen LogP contribution in [0.25, 0.3) is 11.1 Å². The highest BCUT2D eigenvalue weighted by molar-refractivity contribution is 5.79. The quantitative estimate of drug-likeness (QED) is 0.592. The summed E-state index contributed by atoms with van der Waals surface area (Å²) >= 11 is 0. The predicted octanol–water partition coefficient (Wildman–Crippen LogP) is 4.48. The van der Waals surface area contributed by atoms with Gasteiger partial charge in [-0.1, -0.05) is 55.5 Å². The molecule has 3 rings (SSSR count). The van der Waals surface area contributed by atoms with Crippen molar-refractivity contribution in [2.45, 2.75) is 39.2 Å². The SMILES string of the molecule is C[C@@H](CN(CCNC(=O)OCC1c2ccccc2-c2ccccc21)C(=O)OC(C)(C)C)C(=O)O. The Labute approximate surface area is 199 Å². The molecule has 0 aliphatic heterocycles. The molecule has 0 heterocycles. The molecular formula is C26H32N2O6. The number of nitrogens with zero attached hydrogens (tertiary/aromatic N) is 1. The Hall–Kier alpha value is -3.55. The summed E-state index contributed by atoms with van der Waals surface area (Å²) in [5.41, 5.74) is 3.81. The van der Waals surface area contributed by atoms with Gasteiger partial charge in [-0.15, -0.1) is 0 Å². The Balaban J connectivity index is 1.55. The Kier molecular flexibility index (Phi) is 7.81. The topological polar surface area (TPSA) is 105 Å². The van der Waals surface area contributed by atoms with E-state index in [0.717, 1.165) is 22.3 Å². The van der Waals surface area contributed by atoms with Gasteiger partial charge in [-0.05, 0) is 43.0 Å². The standard InChI is InChI=1S/C26H32N2O6/c1-17(23(29)30)15-28(25(32)34-26(2,3)4)14-13-27-24(31)33-16-22-20-11-7-5-9-18(20)19-10-6-8-12-21(19)22/h5-12,17,22H,13-16H2,1-4H3,(H,27,31)(H,29,30)/t17-/m0/s1. The maximum atomic E-state index is 12.5. The van der Waals surface area contributed by atoms with E-state index >= 15 is 0 Å². The first kappa shape index (κ1) is 25.1. The number of hydrogen-bond donors (Lipinski definition) is 2. The van der Waals surface area contributed by atoms with E-state index in [-0.39, 0.29) is 32.2 Å². The number of hydrogen-bond acceptors (Lipinski definition) is 5. The van der Waals surface area contributed by atoms with Crippen molar-refractivity contribution in [2.24, 2.45) is 5.92 Å². The summed E-state index contributed by atoms with van der Waals surface area (Å²) < 4.78 is 10.9. The Morgan fingerprint density at radius 2 is 1.59 bits per heavy atom.